The van der Waals surface area contributed by atoms with Gasteiger partial charge in [0.2, 0.25) is 5.91 Å². The molecule has 1 aromatic rings. The Morgan fingerprint density at radius 3 is 2.76 bits per heavy atom. The second-order valence-corrected chi connectivity index (χ2v) is 3.98. The number of aryl methyl sites for hydroxylation is 1. The van der Waals surface area contributed by atoms with Crippen molar-refractivity contribution in [1.29, 1.82) is 0 Å². The number of carbonyl (C=O) groups is 1. The predicted octanol–water partition coefficient (Wildman–Crippen LogP) is 1.79. The SMILES string of the molecule is CCNC(=O)CCOc1c(C)ccc(N)c1C. The van der Waals surface area contributed by atoms with Crippen LogP contribution in [-0.2, 0) is 4.79 Å². The predicted molar refractivity (Wildman–Crippen MR) is 69.1 cm³/mol. The van der Waals surface area contributed by atoms with Crippen LogP contribution in [-0.4, -0.2) is 19.1 Å². The Balaban J connectivity index is 2.58. The number of hydrogen-bond donors (Lipinski definition) is 2. The van der Waals surface area contributed by atoms with E-state index in [-0.39, 0.29) is 5.91 Å². The topological polar surface area (TPSA) is 64.3 Å². The molecular formula is C13H20N2O2. The summed E-state index contributed by atoms with van der Waals surface area (Å²) in [5.74, 6) is 0.793. The molecule has 94 valence electrons. The number of carbonyl (C=O) groups excluding carboxylic acids is 1. The molecule has 0 radical (unpaired) electrons. The number of benzene rings is 1. The Hall–Kier alpha value is -1.71. The van der Waals surface area contributed by atoms with E-state index in [1.165, 1.54) is 0 Å². The average molecular weight is 236 g/mol. The van der Waals surface area contributed by atoms with Crippen LogP contribution in [0.4, 0.5) is 5.69 Å². The summed E-state index contributed by atoms with van der Waals surface area (Å²) in [4.78, 5) is 11.3. The number of hydrogen-bond acceptors (Lipinski definition) is 3. The van der Waals surface area contributed by atoms with Gasteiger partial charge in [0.15, 0.2) is 0 Å². The largest absolute Gasteiger partial charge is 0.492 e. The Kier molecular flexibility index (Phi) is 4.82. The lowest BCUT2D eigenvalue weighted by Crippen LogP contribution is -2.24. The molecule has 3 N–H and O–H groups in total. The molecular weight excluding hydrogens is 216 g/mol. The summed E-state index contributed by atoms with van der Waals surface area (Å²) in [7, 11) is 0. The van der Waals surface area contributed by atoms with Crippen LogP contribution in [0.3, 0.4) is 0 Å². The van der Waals surface area contributed by atoms with E-state index in [1.54, 1.807) is 0 Å². The van der Waals surface area contributed by atoms with Gasteiger partial charge in [-0.2, -0.15) is 0 Å². The van der Waals surface area contributed by atoms with Gasteiger partial charge in [-0.25, -0.2) is 0 Å². The molecule has 1 rings (SSSR count). The zero-order valence-electron chi connectivity index (χ0n) is 10.7. The maximum Gasteiger partial charge on any atom is 0.223 e. The molecule has 0 aliphatic rings. The molecule has 4 heteroatoms. The van der Waals surface area contributed by atoms with E-state index in [0.29, 0.717) is 25.3 Å². The van der Waals surface area contributed by atoms with Gasteiger partial charge in [-0.15, -0.1) is 0 Å². The average Bonchev–Trinajstić information content (AvgIpc) is 2.29. The molecule has 0 saturated carbocycles. The summed E-state index contributed by atoms with van der Waals surface area (Å²) in [6.07, 6.45) is 0.363. The van der Waals surface area contributed by atoms with Crippen molar-refractivity contribution in [3.05, 3.63) is 23.3 Å². The van der Waals surface area contributed by atoms with Gasteiger partial charge in [0.1, 0.15) is 5.75 Å². The number of nitrogens with one attached hydrogen (secondary N) is 1. The van der Waals surface area contributed by atoms with Gasteiger partial charge in [-0.1, -0.05) is 6.07 Å². The Morgan fingerprint density at radius 2 is 2.12 bits per heavy atom. The van der Waals surface area contributed by atoms with E-state index in [4.69, 9.17) is 10.5 Å². The van der Waals surface area contributed by atoms with Crippen LogP contribution >= 0.6 is 0 Å². The van der Waals surface area contributed by atoms with Gasteiger partial charge in [-0.3, -0.25) is 4.79 Å². The third-order valence-corrected chi connectivity index (χ3v) is 2.59. The quantitative estimate of drug-likeness (QED) is 0.766. The van der Waals surface area contributed by atoms with Gasteiger partial charge < -0.3 is 15.8 Å². The molecule has 1 aromatic carbocycles. The zero-order valence-corrected chi connectivity index (χ0v) is 10.7. The minimum atomic E-state index is 0.00621. The molecule has 17 heavy (non-hydrogen) atoms. The van der Waals surface area contributed by atoms with Crippen molar-refractivity contribution in [3.8, 4) is 5.75 Å². The van der Waals surface area contributed by atoms with Crippen molar-refractivity contribution < 1.29 is 9.53 Å². The van der Waals surface area contributed by atoms with E-state index < -0.39 is 0 Å². The standard InChI is InChI=1S/C13H20N2O2/c1-4-15-12(16)7-8-17-13-9(2)5-6-11(14)10(13)3/h5-6H,4,7-8,14H2,1-3H3,(H,15,16). The van der Waals surface area contributed by atoms with Crippen LogP contribution < -0.4 is 15.8 Å². The molecule has 0 aliphatic heterocycles. The van der Waals surface area contributed by atoms with Crippen molar-refractivity contribution >= 4 is 11.6 Å². The molecule has 0 aromatic heterocycles. The minimum absolute atomic E-state index is 0.00621. The van der Waals surface area contributed by atoms with Gasteiger partial charge in [0, 0.05) is 17.8 Å². The van der Waals surface area contributed by atoms with Gasteiger partial charge in [0.25, 0.3) is 0 Å². The van der Waals surface area contributed by atoms with Crippen molar-refractivity contribution in [2.45, 2.75) is 27.2 Å². The first kappa shape index (κ1) is 13.4. The van der Waals surface area contributed by atoms with E-state index in [0.717, 1.165) is 16.9 Å². The summed E-state index contributed by atoms with van der Waals surface area (Å²) >= 11 is 0. The fourth-order valence-corrected chi connectivity index (χ4v) is 1.60. The van der Waals surface area contributed by atoms with Crippen LogP contribution in [0, 0.1) is 13.8 Å². The third kappa shape index (κ3) is 3.66. The Bertz CT molecular complexity index is 403. The molecule has 0 fully saturated rings. The second kappa shape index (κ2) is 6.13. The lowest BCUT2D eigenvalue weighted by molar-refractivity contribution is -0.121. The number of amides is 1. The molecule has 4 nitrogen and oxygen atoms in total. The number of rotatable bonds is 5. The van der Waals surface area contributed by atoms with Gasteiger partial charge in [-0.05, 0) is 32.4 Å². The van der Waals surface area contributed by atoms with Crippen LogP contribution in [0.5, 0.6) is 5.75 Å². The van der Waals surface area contributed by atoms with E-state index in [9.17, 15) is 4.79 Å². The summed E-state index contributed by atoms with van der Waals surface area (Å²) in [6.45, 7) is 6.80. The molecule has 0 spiro atoms. The molecule has 0 heterocycles. The monoisotopic (exact) mass is 236 g/mol. The molecule has 0 atom stereocenters. The number of nitrogen functional groups attached to an aromatic ring is 1. The maximum absolute atomic E-state index is 11.3. The highest BCUT2D eigenvalue weighted by Crippen LogP contribution is 2.27. The summed E-state index contributed by atoms with van der Waals surface area (Å²) in [5, 5.41) is 2.73. The highest BCUT2D eigenvalue weighted by Gasteiger charge is 2.07. The second-order valence-electron chi connectivity index (χ2n) is 3.98. The smallest absolute Gasteiger partial charge is 0.223 e. The zero-order chi connectivity index (χ0) is 12.8. The first-order valence-corrected chi connectivity index (χ1v) is 5.81. The van der Waals surface area contributed by atoms with E-state index >= 15 is 0 Å². The number of ether oxygens (including phenoxy) is 1. The fraction of sp³-hybridized carbons (Fsp3) is 0.462. The van der Waals surface area contributed by atoms with Crippen LogP contribution in [0.15, 0.2) is 12.1 Å². The third-order valence-electron chi connectivity index (χ3n) is 2.59. The maximum atomic E-state index is 11.3. The minimum Gasteiger partial charge on any atom is -0.492 e. The lowest BCUT2D eigenvalue weighted by atomic mass is 10.1. The number of anilines is 1. The van der Waals surface area contributed by atoms with E-state index in [1.807, 2.05) is 32.9 Å². The molecule has 1 amide bonds. The highest BCUT2D eigenvalue weighted by molar-refractivity contribution is 5.75. The highest BCUT2D eigenvalue weighted by atomic mass is 16.5. The Labute approximate surface area is 102 Å². The first-order chi connectivity index (χ1) is 8.06. The molecule has 0 unspecified atom stereocenters. The van der Waals surface area contributed by atoms with Crippen molar-refractivity contribution in [2.75, 3.05) is 18.9 Å². The van der Waals surface area contributed by atoms with Gasteiger partial charge >= 0.3 is 0 Å². The first-order valence-electron chi connectivity index (χ1n) is 5.81. The van der Waals surface area contributed by atoms with E-state index in [2.05, 4.69) is 5.32 Å². The van der Waals surface area contributed by atoms with Crippen LogP contribution in [0.25, 0.3) is 0 Å². The van der Waals surface area contributed by atoms with Crippen molar-refractivity contribution in [1.82, 2.24) is 5.32 Å². The van der Waals surface area contributed by atoms with Crippen molar-refractivity contribution in [2.24, 2.45) is 0 Å². The fourth-order valence-electron chi connectivity index (χ4n) is 1.60. The lowest BCUT2D eigenvalue weighted by Gasteiger charge is -2.13. The normalized spacial score (nSPS) is 10.1. The van der Waals surface area contributed by atoms with Crippen LogP contribution in [0.1, 0.15) is 24.5 Å². The summed E-state index contributed by atoms with van der Waals surface area (Å²) < 4.78 is 5.62. The number of nitrogens with two attached hydrogens (primary N) is 1. The van der Waals surface area contributed by atoms with Crippen molar-refractivity contribution in [3.63, 3.8) is 0 Å². The van der Waals surface area contributed by atoms with Crippen LogP contribution in [0.2, 0.25) is 0 Å². The molecule has 0 bridgehead atoms. The molecule has 0 saturated heterocycles. The summed E-state index contributed by atoms with van der Waals surface area (Å²) in [5.41, 5.74) is 8.49. The molecule has 0 aliphatic carbocycles. The summed E-state index contributed by atoms with van der Waals surface area (Å²) in [6, 6.07) is 3.78. The van der Waals surface area contributed by atoms with Gasteiger partial charge in [0.05, 0.1) is 13.0 Å². The Morgan fingerprint density at radius 1 is 1.41 bits per heavy atom.